The topological polar surface area (TPSA) is 60.0 Å². The quantitative estimate of drug-likeness (QED) is 0.469. The third-order valence-corrected chi connectivity index (χ3v) is 6.79. The highest BCUT2D eigenvalue weighted by atomic mass is 19.1. The predicted molar refractivity (Wildman–Crippen MR) is 129 cm³/mol. The maximum Gasteiger partial charge on any atom is 0.203 e. The Morgan fingerprint density at radius 1 is 1.06 bits per heavy atom. The first-order chi connectivity index (χ1) is 15.8. The van der Waals surface area contributed by atoms with Gasteiger partial charge in [0.2, 0.25) is 5.75 Å². The molecule has 0 saturated carbocycles. The number of methoxy groups -OCH3 is 3. The van der Waals surface area contributed by atoms with Crippen LogP contribution in [-0.2, 0) is 12.8 Å². The van der Waals surface area contributed by atoms with E-state index in [1.54, 1.807) is 27.4 Å². The minimum Gasteiger partial charge on any atom is -0.493 e. The lowest BCUT2D eigenvalue weighted by Crippen LogP contribution is -2.45. The van der Waals surface area contributed by atoms with Crippen LogP contribution in [-0.4, -0.2) is 45.1 Å². The third kappa shape index (κ3) is 5.79. The van der Waals surface area contributed by atoms with Crippen molar-refractivity contribution in [3.8, 4) is 17.2 Å². The number of halogens is 1. The smallest absolute Gasteiger partial charge is 0.203 e. The van der Waals surface area contributed by atoms with Gasteiger partial charge >= 0.3 is 0 Å². The lowest BCUT2D eigenvalue weighted by Gasteiger charge is -2.44. The van der Waals surface area contributed by atoms with Crippen molar-refractivity contribution in [2.75, 3.05) is 34.4 Å². The largest absolute Gasteiger partial charge is 0.493 e. The first-order valence-electron chi connectivity index (χ1n) is 11.8. The number of nitrogens with one attached hydrogen (secondary N) is 1. The number of rotatable bonds is 11. The SMILES string of the molecule is COc1cc(CCCNCCC2(O)CCc3cc(F)ccc3C2C(C)C)cc(OC)c1OC. The van der Waals surface area contributed by atoms with E-state index in [-0.39, 0.29) is 17.7 Å². The summed E-state index contributed by atoms with van der Waals surface area (Å²) in [6, 6.07) is 8.98. The Kier molecular flexibility index (Phi) is 8.60. The third-order valence-electron chi connectivity index (χ3n) is 6.79. The molecule has 33 heavy (non-hydrogen) atoms. The van der Waals surface area contributed by atoms with Crippen LogP contribution in [0.1, 0.15) is 55.7 Å². The van der Waals surface area contributed by atoms with Crippen molar-refractivity contribution in [3.05, 3.63) is 52.8 Å². The van der Waals surface area contributed by atoms with E-state index in [1.807, 2.05) is 18.2 Å². The predicted octanol–water partition coefficient (Wildman–Crippen LogP) is 4.88. The highest BCUT2D eigenvalue weighted by molar-refractivity contribution is 5.53. The average molecular weight is 460 g/mol. The van der Waals surface area contributed by atoms with Gasteiger partial charge in [0.1, 0.15) is 5.82 Å². The summed E-state index contributed by atoms with van der Waals surface area (Å²) in [6.45, 7) is 5.87. The number of aryl methyl sites for hydroxylation is 2. The molecule has 182 valence electrons. The summed E-state index contributed by atoms with van der Waals surface area (Å²) in [4.78, 5) is 0. The molecule has 0 bridgehead atoms. The van der Waals surface area contributed by atoms with Crippen LogP contribution in [0.2, 0.25) is 0 Å². The second-order valence-electron chi connectivity index (χ2n) is 9.31. The Morgan fingerprint density at radius 2 is 1.76 bits per heavy atom. The van der Waals surface area contributed by atoms with Crippen molar-refractivity contribution in [1.82, 2.24) is 5.32 Å². The summed E-state index contributed by atoms with van der Waals surface area (Å²) in [5.74, 6) is 2.03. The van der Waals surface area contributed by atoms with Crippen LogP contribution in [0.4, 0.5) is 4.39 Å². The highest BCUT2D eigenvalue weighted by Crippen LogP contribution is 2.45. The van der Waals surface area contributed by atoms with Gasteiger partial charge in [0, 0.05) is 5.92 Å². The molecule has 1 aliphatic rings. The lowest BCUT2D eigenvalue weighted by atomic mass is 9.66. The first-order valence-corrected chi connectivity index (χ1v) is 11.8. The van der Waals surface area contributed by atoms with Gasteiger partial charge in [-0.3, -0.25) is 0 Å². The molecule has 6 heteroatoms. The van der Waals surface area contributed by atoms with Crippen LogP contribution >= 0.6 is 0 Å². The van der Waals surface area contributed by atoms with E-state index >= 15 is 0 Å². The highest BCUT2D eigenvalue weighted by Gasteiger charge is 2.42. The number of aliphatic hydroxyl groups is 1. The van der Waals surface area contributed by atoms with Gasteiger partial charge in [-0.25, -0.2) is 4.39 Å². The van der Waals surface area contributed by atoms with Gasteiger partial charge in [-0.15, -0.1) is 0 Å². The summed E-state index contributed by atoms with van der Waals surface area (Å²) in [5, 5.41) is 15.0. The molecule has 0 fully saturated rings. The minimum absolute atomic E-state index is 0.0166. The fourth-order valence-electron chi connectivity index (χ4n) is 5.28. The van der Waals surface area contributed by atoms with E-state index in [1.165, 1.54) is 6.07 Å². The Hall–Kier alpha value is -2.31. The average Bonchev–Trinajstić information content (AvgIpc) is 2.80. The molecule has 5 nitrogen and oxygen atoms in total. The molecule has 0 saturated heterocycles. The molecule has 0 aliphatic heterocycles. The zero-order valence-corrected chi connectivity index (χ0v) is 20.5. The van der Waals surface area contributed by atoms with Crippen molar-refractivity contribution in [3.63, 3.8) is 0 Å². The van der Waals surface area contributed by atoms with E-state index in [0.717, 1.165) is 42.6 Å². The van der Waals surface area contributed by atoms with Gasteiger partial charge < -0.3 is 24.6 Å². The lowest BCUT2D eigenvalue weighted by molar-refractivity contribution is -0.0241. The van der Waals surface area contributed by atoms with Crippen molar-refractivity contribution in [2.45, 2.75) is 57.5 Å². The Balaban J connectivity index is 1.53. The van der Waals surface area contributed by atoms with Crippen molar-refractivity contribution >= 4 is 0 Å². The Morgan fingerprint density at radius 3 is 2.36 bits per heavy atom. The maximum atomic E-state index is 13.7. The van der Waals surface area contributed by atoms with E-state index in [4.69, 9.17) is 14.2 Å². The summed E-state index contributed by atoms with van der Waals surface area (Å²) < 4.78 is 29.9. The normalized spacial score (nSPS) is 19.9. The second-order valence-corrected chi connectivity index (χ2v) is 9.31. The molecular formula is C27H38FNO4. The molecule has 3 rings (SSSR count). The fraction of sp³-hybridized carbons (Fsp3) is 0.556. The maximum absolute atomic E-state index is 13.7. The van der Waals surface area contributed by atoms with Gasteiger partial charge in [-0.05, 0) is 92.1 Å². The monoisotopic (exact) mass is 459 g/mol. The van der Waals surface area contributed by atoms with E-state index in [9.17, 15) is 9.50 Å². The van der Waals surface area contributed by atoms with Crippen LogP contribution in [0.25, 0.3) is 0 Å². The molecule has 0 heterocycles. The number of hydrogen-bond acceptors (Lipinski definition) is 5. The van der Waals surface area contributed by atoms with Gasteiger partial charge in [0.15, 0.2) is 11.5 Å². The molecule has 2 aromatic carbocycles. The molecule has 0 radical (unpaired) electrons. The molecule has 2 N–H and O–H groups in total. The molecule has 1 aliphatic carbocycles. The number of ether oxygens (including phenoxy) is 3. The van der Waals surface area contributed by atoms with E-state index < -0.39 is 5.60 Å². The van der Waals surface area contributed by atoms with Crippen LogP contribution in [0.15, 0.2) is 30.3 Å². The van der Waals surface area contributed by atoms with Gasteiger partial charge in [0.25, 0.3) is 0 Å². The van der Waals surface area contributed by atoms with Crippen LogP contribution in [0.3, 0.4) is 0 Å². The number of benzene rings is 2. The molecular weight excluding hydrogens is 421 g/mol. The summed E-state index contributed by atoms with van der Waals surface area (Å²) in [6.07, 6.45) is 3.89. The zero-order valence-electron chi connectivity index (χ0n) is 20.5. The number of hydrogen-bond donors (Lipinski definition) is 2. The minimum atomic E-state index is -0.775. The van der Waals surface area contributed by atoms with Crippen molar-refractivity contribution in [2.24, 2.45) is 5.92 Å². The van der Waals surface area contributed by atoms with Gasteiger partial charge in [0.05, 0.1) is 26.9 Å². The summed E-state index contributed by atoms with van der Waals surface area (Å²) in [5.41, 5.74) is 2.49. The first kappa shape index (κ1) is 25.3. The number of fused-ring (bicyclic) bond motifs is 1. The van der Waals surface area contributed by atoms with Crippen molar-refractivity contribution < 1.29 is 23.7 Å². The van der Waals surface area contributed by atoms with Crippen LogP contribution in [0.5, 0.6) is 17.2 Å². The zero-order chi connectivity index (χ0) is 24.0. The molecule has 0 amide bonds. The Labute approximate surface area is 197 Å². The molecule has 2 atom stereocenters. The fourth-order valence-corrected chi connectivity index (χ4v) is 5.28. The second kappa shape index (κ2) is 11.2. The summed E-state index contributed by atoms with van der Waals surface area (Å²) in [7, 11) is 4.85. The van der Waals surface area contributed by atoms with E-state index in [0.29, 0.717) is 36.5 Å². The van der Waals surface area contributed by atoms with Gasteiger partial charge in [-0.2, -0.15) is 0 Å². The molecule has 2 unspecified atom stereocenters. The standard InChI is InChI=1S/C27H38FNO4/c1-18(2)25-22-9-8-21(28)17-20(22)10-11-27(25,30)12-14-29-13-6-7-19-15-23(31-3)26(33-5)24(16-19)32-4/h8-9,15-18,25,29-30H,6-7,10-14H2,1-5H3. The van der Waals surface area contributed by atoms with Crippen molar-refractivity contribution in [1.29, 1.82) is 0 Å². The van der Waals surface area contributed by atoms with Crippen LogP contribution in [0, 0.1) is 11.7 Å². The Bertz CT molecular complexity index is 907. The molecule has 0 spiro atoms. The van der Waals surface area contributed by atoms with Crippen LogP contribution < -0.4 is 19.5 Å². The van der Waals surface area contributed by atoms with Gasteiger partial charge in [-0.1, -0.05) is 19.9 Å². The molecule has 2 aromatic rings. The van der Waals surface area contributed by atoms with E-state index in [2.05, 4.69) is 19.2 Å². The summed E-state index contributed by atoms with van der Waals surface area (Å²) >= 11 is 0. The molecule has 0 aromatic heterocycles.